The highest BCUT2D eigenvalue weighted by Crippen LogP contribution is 2.47. The van der Waals surface area contributed by atoms with Crippen molar-refractivity contribution < 1.29 is 19.2 Å². The van der Waals surface area contributed by atoms with Crippen molar-refractivity contribution in [3.8, 4) is 0 Å². The predicted octanol–water partition coefficient (Wildman–Crippen LogP) is 4.72. The van der Waals surface area contributed by atoms with Gasteiger partial charge in [0.25, 0.3) is 0 Å². The molecule has 3 heterocycles. The number of nitrogens with zero attached hydrogens (tertiary/aromatic N) is 2. The number of hydrogen-bond acceptors (Lipinski definition) is 5. The van der Waals surface area contributed by atoms with E-state index in [2.05, 4.69) is 0 Å². The van der Waals surface area contributed by atoms with Gasteiger partial charge in [0.2, 0.25) is 11.8 Å². The summed E-state index contributed by atoms with van der Waals surface area (Å²) in [7, 11) is 0. The van der Waals surface area contributed by atoms with Crippen LogP contribution in [0.4, 0.5) is 5.69 Å². The molecular weight excluding hydrogens is 488 g/mol. The molecule has 6 nitrogen and oxygen atoms in total. The molecule has 3 aromatic carbocycles. The fourth-order valence-electron chi connectivity index (χ4n) is 5.57. The fraction of sp³-hybridized carbons (Fsp3) is 0.133. The molecule has 0 N–H and O–H groups in total. The molecule has 3 aromatic rings. The van der Waals surface area contributed by atoms with Crippen molar-refractivity contribution in [3.05, 3.63) is 125 Å². The van der Waals surface area contributed by atoms with Gasteiger partial charge in [0, 0.05) is 27.9 Å². The fourth-order valence-corrected chi connectivity index (χ4v) is 5.70. The van der Waals surface area contributed by atoms with Gasteiger partial charge in [-0.1, -0.05) is 66.2 Å². The van der Waals surface area contributed by atoms with E-state index < -0.39 is 29.8 Å². The van der Waals surface area contributed by atoms with E-state index in [9.17, 15) is 19.2 Å². The van der Waals surface area contributed by atoms with Crippen molar-refractivity contribution in [2.45, 2.75) is 12.1 Å². The van der Waals surface area contributed by atoms with E-state index in [1.54, 1.807) is 102 Å². The molecule has 6 rings (SSSR count). The topological polar surface area (TPSA) is 74.8 Å². The molecule has 4 atom stereocenters. The number of allylic oxidation sites excluding steroid dienone is 2. The summed E-state index contributed by atoms with van der Waals surface area (Å²) in [5, 5.41) is 0.492. The Kier molecular flexibility index (Phi) is 5.61. The van der Waals surface area contributed by atoms with Crippen molar-refractivity contribution in [3.63, 3.8) is 0 Å². The summed E-state index contributed by atoms with van der Waals surface area (Å²) in [6, 6.07) is 22.6. The second-order valence-corrected chi connectivity index (χ2v) is 9.72. The van der Waals surface area contributed by atoms with Gasteiger partial charge in [-0.25, -0.2) is 4.90 Å². The van der Waals surface area contributed by atoms with Crippen molar-refractivity contribution in [1.29, 1.82) is 0 Å². The number of anilines is 1. The van der Waals surface area contributed by atoms with Crippen LogP contribution >= 0.6 is 11.6 Å². The Bertz CT molecular complexity index is 1480. The lowest BCUT2D eigenvalue weighted by Gasteiger charge is -2.32. The Balaban J connectivity index is 1.43. The number of fused-ring (bicyclic) bond motifs is 3. The average molecular weight is 509 g/mol. The largest absolute Gasteiger partial charge is 0.359 e. The number of imide groups is 1. The van der Waals surface area contributed by atoms with Crippen LogP contribution in [-0.2, 0) is 9.59 Å². The first kappa shape index (κ1) is 23.1. The number of ketones is 2. The van der Waals surface area contributed by atoms with Crippen molar-refractivity contribution in [2.75, 3.05) is 4.90 Å². The first-order chi connectivity index (χ1) is 18.0. The molecule has 2 amide bonds. The van der Waals surface area contributed by atoms with Gasteiger partial charge in [0.05, 0.1) is 23.6 Å². The lowest BCUT2D eigenvalue weighted by atomic mass is 9.85. The number of carbonyl (C=O) groups excluding carboxylic acids is 4. The number of halogens is 1. The molecular formula is C30H21ClN2O4. The number of amides is 2. The zero-order chi connectivity index (χ0) is 25.7. The van der Waals surface area contributed by atoms with Crippen LogP contribution in [0.5, 0.6) is 0 Å². The molecule has 182 valence electrons. The van der Waals surface area contributed by atoms with Gasteiger partial charge in [-0.05, 0) is 42.5 Å². The molecule has 3 aliphatic rings. The highest BCUT2D eigenvalue weighted by atomic mass is 35.5. The van der Waals surface area contributed by atoms with Gasteiger partial charge in [0.15, 0.2) is 11.6 Å². The molecule has 0 radical (unpaired) electrons. The van der Waals surface area contributed by atoms with Crippen molar-refractivity contribution in [2.24, 2.45) is 11.8 Å². The minimum absolute atomic E-state index is 0.183. The standard InChI is InChI=1S/C30H21ClN2O4/c31-21-13-11-19(12-14-21)28(35)26-25-24(29(36)33(30(25)37)22-9-5-2-6-10-22)23-17-20(15-16-32(23)26)27(34)18-7-3-1-4-8-18/h1-17,23-26H/t23-,24+,25+,26-/m1/s1. The van der Waals surface area contributed by atoms with Gasteiger partial charge >= 0.3 is 0 Å². The Morgan fingerprint density at radius 3 is 2.03 bits per heavy atom. The van der Waals surface area contributed by atoms with Crippen LogP contribution in [0.1, 0.15) is 20.7 Å². The molecule has 2 fully saturated rings. The molecule has 7 heteroatoms. The Morgan fingerprint density at radius 1 is 0.730 bits per heavy atom. The van der Waals surface area contributed by atoms with E-state index in [4.69, 9.17) is 11.6 Å². The monoisotopic (exact) mass is 508 g/mol. The van der Waals surface area contributed by atoms with E-state index in [-0.39, 0.29) is 17.5 Å². The van der Waals surface area contributed by atoms with Gasteiger partial charge in [-0.15, -0.1) is 0 Å². The first-order valence-corrected chi connectivity index (χ1v) is 12.3. The molecule has 3 aliphatic heterocycles. The normalized spacial score (nSPS) is 24.1. The smallest absolute Gasteiger partial charge is 0.240 e. The Hall–Kier alpha value is -4.29. The first-order valence-electron chi connectivity index (χ1n) is 12.0. The number of hydrogen-bond donors (Lipinski definition) is 0. The molecule has 0 aliphatic carbocycles. The predicted molar refractivity (Wildman–Crippen MR) is 139 cm³/mol. The number of carbonyl (C=O) groups is 4. The second kappa shape index (κ2) is 8.98. The highest BCUT2D eigenvalue weighted by Gasteiger charge is 2.63. The van der Waals surface area contributed by atoms with Crippen molar-refractivity contribution >= 4 is 40.7 Å². The Morgan fingerprint density at radius 2 is 1.35 bits per heavy atom. The maximum absolute atomic E-state index is 13.8. The van der Waals surface area contributed by atoms with Gasteiger partial charge in [-0.3, -0.25) is 19.2 Å². The maximum atomic E-state index is 13.8. The lowest BCUT2D eigenvalue weighted by Crippen LogP contribution is -2.46. The van der Waals surface area contributed by atoms with Crippen LogP contribution in [0.15, 0.2) is 109 Å². The number of rotatable bonds is 5. The van der Waals surface area contributed by atoms with Crippen LogP contribution in [0.3, 0.4) is 0 Å². The van der Waals surface area contributed by atoms with Crippen LogP contribution in [0.25, 0.3) is 0 Å². The zero-order valence-electron chi connectivity index (χ0n) is 19.5. The second-order valence-electron chi connectivity index (χ2n) is 9.29. The molecule has 0 bridgehead atoms. The SMILES string of the molecule is O=C(C1=C[C@@H]2[C@@H]3C(=O)N(c4ccccc4)C(=O)[C@@H]3[C@H](C(=O)c3ccc(Cl)cc3)N2C=C1)c1ccccc1. The summed E-state index contributed by atoms with van der Waals surface area (Å²) in [5.74, 6) is -2.95. The molecule has 2 saturated heterocycles. The third-order valence-electron chi connectivity index (χ3n) is 7.26. The van der Waals surface area contributed by atoms with Crippen LogP contribution in [0, 0.1) is 11.8 Å². The summed E-state index contributed by atoms with van der Waals surface area (Å²) in [6.07, 6.45) is 5.05. The number of para-hydroxylation sites is 1. The highest BCUT2D eigenvalue weighted by molar-refractivity contribution is 6.30. The van der Waals surface area contributed by atoms with E-state index in [1.165, 1.54) is 4.90 Å². The third-order valence-corrected chi connectivity index (χ3v) is 7.51. The van der Waals surface area contributed by atoms with E-state index in [0.29, 0.717) is 27.4 Å². The van der Waals surface area contributed by atoms with Gasteiger partial charge in [0.1, 0.15) is 6.04 Å². The van der Waals surface area contributed by atoms with E-state index in [1.807, 2.05) is 6.07 Å². The number of benzene rings is 3. The minimum Gasteiger partial charge on any atom is -0.359 e. The van der Waals surface area contributed by atoms with Gasteiger partial charge in [-0.2, -0.15) is 0 Å². The minimum atomic E-state index is -0.901. The summed E-state index contributed by atoms with van der Waals surface area (Å²) in [6.45, 7) is 0. The zero-order valence-corrected chi connectivity index (χ0v) is 20.3. The van der Waals surface area contributed by atoms with Gasteiger partial charge < -0.3 is 4.90 Å². The lowest BCUT2D eigenvalue weighted by molar-refractivity contribution is -0.123. The molecule has 37 heavy (non-hydrogen) atoms. The number of Topliss-reactive ketones (excluding diaryl/α,β-unsaturated/α-hetero) is 2. The van der Waals surface area contributed by atoms with Crippen LogP contribution in [0.2, 0.25) is 5.02 Å². The summed E-state index contributed by atoms with van der Waals surface area (Å²) in [4.78, 5) is 57.5. The summed E-state index contributed by atoms with van der Waals surface area (Å²) >= 11 is 6.02. The molecule has 0 unspecified atom stereocenters. The summed E-state index contributed by atoms with van der Waals surface area (Å²) in [5.41, 5.74) is 1.81. The third kappa shape index (κ3) is 3.72. The average Bonchev–Trinajstić information content (AvgIpc) is 3.40. The molecule has 0 aromatic heterocycles. The molecule has 0 saturated carbocycles. The maximum Gasteiger partial charge on any atom is 0.240 e. The molecule has 0 spiro atoms. The van der Waals surface area contributed by atoms with Crippen LogP contribution < -0.4 is 4.90 Å². The summed E-state index contributed by atoms with van der Waals surface area (Å²) < 4.78 is 0. The van der Waals surface area contributed by atoms with Crippen LogP contribution in [-0.4, -0.2) is 40.4 Å². The Labute approximate surface area is 218 Å². The van der Waals surface area contributed by atoms with E-state index >= 15 is 0 Å². The quantitative estimate of drug-likeness (QED) is 0.368. The van der Waals surface area contributed by atoms with E-state index in [0.717, 1.165) is 0 Å². The van der Waals surface area contributed by atoms with Crippen molar-refractivity contribution in [1.82, 2.24) is 4.90 Å².